The summed E-state index contributed by atoms with van der Waals surface area (Å²) in [6, 6.07) is 9.55. The number of likely N-dealkylation sites (N-methyl/N-ethyl adjacent to an activating group) is 1. The summed E-state index contributed by atoms with van der Waals surface area (Å²) in [6.45, 7) is 5.55. The molecule has 4 rings (SSSR count). The highest BCUT2D eigenvalue weighted by atomic mass is 35.5. The molecule has 2 heterocycles. The fourth-order valence-corrected chi connectivity index (χ4v) is 7.63. The van der Waals surface area contributed by atoms with E-state index in [4.69, 9.17) is 21.1 Å². The maximum Gasteiger partial charge on any atom is 0.261 e. The summed E-state index contributed by atoms with van der Waals surface area (Å²) < 4.78 is 70.7. The van der Waals surface area contributed by atoms with E-state index in [1.807, 2.05) is 13.8 Å². The molecule has 1 amide bonds. The summed E-state index contributed by atoms with van der Waals surface area (Å²) in [6.07, 6.45) is 4.04. The molecule has 0 spiro atoms. The molecule has 13 nitrogen and oxygen atoms in total. The van der Waals surface area contributed by atoms with Crippen molar-refractivity contribution in [2.75, 3.05) is 38.1 Å². The Hall–Kier alpha value is -3.21. The van der Waals surface area contributed by atoms with Gasteiger partial charge in [0.15, 0.2) is 5.03 Å². The number of fused-ring (bicyclic) bond motifs is 1. The highest BCUT2D eigenvalue weighted by Crippen LogP contribution is 2.30. The third-order valence-electron chi connectivity index (χ3n) is 8.22. The quantitative estimate of drug-likeness (QED) is 0.333. The van der Waals surface area contributed by atoms with Gasteiger partial charge in [-0.1, -0.05) is 18.5 Å². The Labute approximate surface area is 287 Å². The van der Waals surface area contributed by atoms with Crippen LogP contribution in [0.15, 0.2) is 64.9 Å². The van der Waals surface area contributed by atoms with Gasteiger partial charge in [-0.25, -0.2) is 21.8 Å². The Bertz CT molecular complexity index is 1770. The molecule has 0 fully saturated rings. The van der Waals surface area contributed by atoms with Crippen LogP contribution >= 0.6 is 11.6 Å². The molecule has 0 bridgehead atoms. The number of hydrogen-bond donors (Lipinski definition) is 2. The Morgan fingerprint density at radius 3 is 2.48 bits per heavy atom. The lowest BCUT2D eigenvalue weighted by atomic mass is 10.0. The maximum absolute atomic E-state index is 14.3. The van der Waals surface area contributed by atoms with Crippen LogP contribution in [0.5, 0.6) is 5.75 Å². The molecular weight excluding hydrogens is 682 g/mol. The zero-order chi connectivity index (χ0) is 35.2. The molecule has 1 aromatic heterocycles. The van der Waals surface area contributed by atoms with Crippen molar-refractivity contribution in [3.8, 4) is 5.75 Å². The van der Waals surface area contributed by atoms with Crippen LogP contribution in [-0.4, -0.2) is 98.2 Å². The number of hydrogen-bond acceptors (Lipinski definition) is 9. The molecular formula is C32H44ClN5O8S2. The topological polar surface area (TPSA) is 160 Å². The molecule has 4 atom stereocenters. The van der Waals surface area contributed by atoms with Crippen LogP contribution in [0.3, 0.4) is 0 Å². The molecule has 1 aliphatic rings. The van der Waals surface area contributed by atoms with E-state index in [1.165, 1.54) is 65.2 Å². The number of ether oxygens (including phenoxy) is 2. The fourth-order valence-electron chi connectivity index (χ4n) is 5.31. The summed E-state index contributed by atoms with van der Waals surface area (Å²) >= 11 is 5.94. The van der Waals surface area contributed by atoms with Crippen molar-refractivity contribution in [1.82, 2.24) is 18.8 Å². The first-order valence-electron chi connectivity index (χ1n) is 15.7. The molecule has 2 aromatic carbocycles. The van der Waals surface area contributed by atoms with Gasteiger partial charge in [-0.15, -0.1) is 0 Å². The Kier molecular flexibility index (Phi) is 12.5. The van der Waals surface area contributed by atoms with Gasteiger partial charge in [0.25, 0.3) is 26.0 Å². The van der Waals surface area contributed by atoms with Gasteiger partial charge >= 0.3 is 0 Å². The number of aliphatic hydroxyl groups is 1. The number of sulfonamides is 2. The van der Waals surface area contributed by atoms with E-state index in [1.54, 1.807) is 24.6 Å². The molecule has 3 aromatic rings. The number of anilines is 1. The summed E-state index contributed by atoms with van der Waals surface area (Å²) in [5, 5.41) is 10.5. The first-order valence-corrected chi connectivity index (χ1v) is 19.0. The minimum atomic E-state index is -4.02. The van der Waals surface area contributed by atoms with Crippen molar-refractivity contribution >= 4 is 43.2 Å². The van der Waals surface area contributed by atoms with E-state index in [9.17, 15) is 26.7 Å². The molecule has 1 aliphatic heterocycles. The number of nitrogens with one attached hydrogen (secondary N) is 1. The van der Waals surface area contributed by atoms with Gasteiger partial charge in [0.1, 0.15) is 5.75 Å². The highest BCUT2D eigenvalue weighted by molar-refractivity contribution is 7.92. The lowest BCUT2D eigenvalue weighted by Crippen LogP contribution is -2.48. The van der Waals surface area contributed by atoms with Crippen LogP contribution in [0, 0.1) is 5.92 Å². The van der Waals surface area contributed by atoms with E-state index in [-0.39, 0.29) is 58.6 Å². The number of aryl methyl sites for hydroxylation is 1. The van der Waals surface area contributed by atoms with E-state index >= 15 is 0 Å². The van der Waals surface area contributed by atoms with Gasteiger partial charge < -0.3 is 24.0 Å². The van der Waals surface area contributed by atoms with Gasteiger partial charge in [-0.3, -0.25) is 9.52 Å². The SMILES string of the molecule is C[C@@H]1CCCCO[C@@H](CN(C)S(=O)(=O)c2cn(C)cn2)[C@@H](C)CN([C@@H](C)CO)C(=O)c2cc(NS(=O)(=O)c3ccc(Cl)cc3)ccc2O1. The second-order valence-corrected chi connectivity index (χ2v) is 16.3. The zero-order valence-electron chi connectivity index (χ0n) is 27.7. The molecule has 48 heavy (non-hydrogen) atoms. The number of benzene rings is 2. The average Bonchev–Trinajstić information content (AvgIpc) is 3.49. The zero-order valence-corrected chi connectivity index (χ0v) is 30.1. The van der Waals surface area contributed by atoms with Crippen molar-refractivity contribution in [1.29, 1.82) is 0 Å². The van der Waals surface area contributed by atoms with Crippen LogP contribution in [-0.2, 0) is 31.8 Å². The monoisotopic (exact) mass is 725 g/mol. The molecule has 0 radical (unpaired) electrons. The Morgan fingerprint density at radius 1 is 1.12 bits per heavy atom. The van der Waals surface area contributed by atoms with E-state index in [0.717, 1.165) is 6.42 Å². The number of amides is 1. The number of rotatable bonds is 9. The average molecular weight is 726 g/mol. The van der Waals surface area contributed by atoms with Crippen molar-refractivity contribution in [2.24, 2.45) is 13.0 Å². The molecule has 0 aliphatic carbocycles. The van der Waals surface area contributed by atoms with Crippen LogP contribution in [0.4, 0.5) is 5.69 Å². The van der Waals surface area contributed by atoms with Gasteiger partial charge in [0.05, 0.1) is 41.6 Å². The van der Waals surface area contributed by atoms with Crippen molar-refractivity contribution < 1.29 is 36.2 Å². The normalized spacial score (nSPS) is 20.9. The smallest absolute Gasteiger partial charge is 0.261 e. The summed E-state index contributed by atoms with van der Waals surface area (Å²) in [5.74, 6) is -0.610. The molecule has 0 saturated carbocycles. The Balaban J connectivity index is 1.68. The van der Waals surface area contributed by atoms with E-state index < -0.39 is 38.1 Å². The lowest BCUT2D eigenvalue weighted by molar-refractivity contribution is -0.00835. The number of nitrogens with zero attached hydrogens (tertiary/aromatic N) is 4. The first kappa shape index (κ1) is 37.6. The molecule has 16 heteroatoms. The minimum absolute atomic E-state index is 0.00232. The Morgan fingerprint density at radius 2 is 1.83 bits per heavy atom. The van der Waals surface area contributed by atoms with Gasteiger partial charge in [-0.05, 0) is 75.6 Å². The number of aliphatic hydroxyl groups excluding tert-OH is 1. The van der Waals surface area contributed by atoms with Crippen molar-refractivity contribution in [3.05, 3.63) is 65.6 Å². The predicted octanol–water partition coefficient (Wildman–Crippen LogP) is 3.99. The predicted molar refractivity (Wildman–Crippen MR) is 182 cm³/mol. The molecule has 0 saturated heterocycles. The molecule has 2 N–H and O–H groups in total. The largest absolute Gasteiger partial charge is 0.490 e. The van der Waals surface area contributed by atoms with Crippen LogP contribution in [0.2, 0.25) is 5.02 Å². The van der Waals surface area contributed by atoms with Crippen LogP contribution < -0.4 is 9.46 Å². The lowest BCUT2D eigenvalue weighted by Gasteiger charge is -2.35. The number of carbonyl (C=O) groups excluding carboxylic acids is 1. The maximum atomic E-state index is 14.3. The number of carbonyl (C=O) groups is 1. The van der Waals surface area contributed by atoms with E-state index in [2.05, 4.69) is 9.71 Å². The number of halogens is 1. The third-order valence-corrected chi connectivity index (χ3v) is 11.6. The summed E-state index contributed by atoms with van der Waals surface area (Å²) in [7, 11) is -4.78. The number of imidazole rings is 1. The van der Waals surface area contributed by atoms with Crippen LogP contribution in [0.25, 0.3) is 0 Å². The van der Waals surface area contributed by atoms with Gasteiger partial charge in [0.2, 0.25) is 0 Å². The van der Waals surface area contributed by atoms with E-state index in [0.29, 0.717) is 24.5 Å². The number of aromatic nitrogens is 2. The minimum Gasteiger partial charge on any atom is -0.490 e. The van der Waals surface area contributed by atoms with Crippen LogP contribution in [0.1, 0.15) is 50.4 Å². The van der Waals surface area contributed by atoms with Crippen molar-refractivity contribution in [3.63, 3.8) is 0 Å². The summed E-state index contributed by atoms with van der Waals surface area (Å²) in [5.41, 5.74) is 0.247. The fraction of sp³-hybridized carbons (Fsp3) is 0.500. The summed E-state index contributed by atoms with van der Waals surface area (Å²) in [4.78, 5) is 19.8. The standard InChI is InChI=1S/C32H44ClN5O8S2/c1-22-17-38(23(2)20-39)32(40)28-16-26(35-47(41,42)27-12-9-25(33)10-13-27)11-14-29(28)46-24(3)8-6-7-15-45-30(22)18-37(5)48(43,44)31-19-36(4)21-34-31/h9-14,16,19,21-24,30,35,39H,6-8,15,17-18,20H2,1-5H3/t22-,23-,24+,30-/m0/s1. The second-order valence-electron chi connectivity index (χ2n) is 12.2. The van der Waals surface area contributed by atoms with Crippen molar-refractivity contribution in [2.45, 2.75) is 68.2 Å². The van der Waals surface area contributed by atoms with Gasteiger partial charge in [-0.2, -0.15) is 4.31 Å². The second kappa shape index (κ2) is 16.0. The highest BCUT2D eigenvalue weighted by Gasteiger charge is 2.33. The first-order chi connectivity index (χ1) is 22.6. The van der Waals surface area contributed by atoms with Gasteiger partial charge in [0, 0.05) is 56.6 Å². The molecule has 0 unspecified atom stereocenters. The third kappa shape index (κ3) is 9.27. The molecule has 264 valence electrons.